The Labute approximate surface area is 123 Å². The van der Waals surface area contributed by atoms with Crippen LogP contribution in [0.25, 0.3) is 11.1 Å². The van der Waals surface area contributed by atoms with Gasteiger partial charge >= 0.3 is 0 Å². The zero-order chi connectivity index (χ0) is 15.6. The van der Waals surface area contributed by atoms with Gasteiger partial charge in [0.15, 0.2) is 5.43 Å². The van der Waals surface area contributed by atoms with Gasteiger partial charge in [0.05, 0.1) is 11.6 Å². The highest BCUT2D eigenvalue weighted by molar-refractivity contribution is 5.70. The van der Waals surface area contributed by atoms with Crippen molar-refractivity contribution in [2.24, 2.45) is 0 Å². The summed E-state index contributed by atoms with van der Waals surface area (Å²) >= 11 is 0. The van der Waals surface area contributed by atoms with E-state index in [1.54, 1.807) is 24.3 Å². The SMILES string of the molecule is CC(C)(C)c1ccccc(-c2ccc(F)cc2C#N)c1=O. The first-order chi connectivity index (χ1) is 9.84. The Morgan fingerprint density at radius 1 is 1.05 bits per heavy atom. The summed E-state index contributed by atoms with van der Waals surface area (Å²) in [5, 5.41) is 9.17. The molecular formula is C18H16FNO. The number of rotatable bonds is 1. The van der Waals surface area contributed by atoms with Crippen molar-refractivity contribution < 1.29 is 4.39 Å². The van der Waals surface area contributed by atoms with Crippen LogP contribution in [0, 0.1) is 17.1 Å². The van der Waals surface area contributed by atoms with Crippen molar-refractivity contribution in [2.45, 2.75) is 26.2 Å². The number of nitriles is 1. The highest BCUT2D eigenvalue weighted by Gasteiger charge is 2.19. The van der Waals surface area contributed by atoms with Crippen LogP contribution in [0.15, 0.2) is 47.3 Å². The van der Waals surface area contributed by atoms with Crippen LogP contribution in [-0.4, -0.2) is 0 Å². The summed E-state index contributed by atoms with van der Waals surface area (Å²) in [6.07, 6.45) is 0. The van der Waals surface area contributed by atoms with E-state index < -0.39 is 5.82 Å². The molecule has 2 aromatic rings. The quantitative estimate of drug-likeness (QED) is 0.792. The molecule has 0 bridgehead atoms. The van der Waals surface area contributed by atoms with Gasteiger partial charge in [0.1, 0.15) is 5.82 Å². The summed E-state index contributed by atoms with van der Waals surface area (Å²) < 4.78 is 13.3. The predicted octanol–water partition coefficient (Wildman–Crippen LogP) is 4.02. The van der Waals surface area contributed by atoms with E-state index in [0.29, 0.717) is 16.7 Å². The Balaban J connectivity index is 2.82. The first kappa shape index (κ1) is 14.9. The Bertz CT molecular complexity index is 782. The van der Waals surface area contributed by atoms with E-state index in [4.69, 9.17) is 5.26 Å². The normalized spacial score (nSPS) is 11.0. The molecule has 0 aliphatic rings. The van der Waals surface area contributed by atoms with Gasteiger partial charge in [0, 0.05) is 16.7 Å². The van der Waals surface area contributed by atoms with Crippen molar-refractivity contribution in [3.05, 3.63) is 69.6 Å². The Kier molecular flexibility index (Phi) is 3.90. The number of benzene rings is 1. The highest BCUT2D eigenvalue weighted by Crippen LogP contribution is 2.24. The standard InChI is InChI=1S/C18H16FNO/c1-18(2,3)16-7-5-4-6-15(17(16)21)14-9-8-13(19)10-12(14)11-20/h4-10H,1-3H3. The molecule has 0 aliphatic carbocycles. The highest BCUT2D eigenvalue weighted by atomic mass is 19.1. The molecule has 0 radical (unpaired) electrons. The second kappa shape index (κ2) is 5.49. The van der Waals surface area contributed by atoms with Gasteiger partial charge in [-0.1, -0.05) is 51.1 Å². The second-order valence-corrected chi connectivity index (χ2v) is 5.93. The molecule has 3 heteroatoms. The monoisotopic (exact) mass is 281 g/mol. The van der Waals surface area contributed by atoms with Gasteiger partial charge in [-0.2, -0.15) is 5.26 Å². The first-order valence-electron chi connectivity index (χ1n) is 6.68. The average molecular weight is 281 g/mol. The van der Waals surface area contributed by atoms with Gasteiger partial charge in [0.25, 0.3) is 0 Å². The largest absolute Gasteiger partial charge is 0.289 e. The van der Waals surface area contributed by atoms with Crippen molar-refractivity contribution in [1.29, 1.82) is 5.26 Å². The predicted molar refractivity (Wildman–Crippen MR) is 81.5 cm³/mol. The molecule has 0 saturated heterocycles. The molecule has 0 atom stereocenters. The number of hydrogen-bond acceptors (Lipinski definition) is 2. The van der Waals surface area contributed by atoms with E-state index in [2.05, 4.69) is 0 Å². The topological polar surface area (TPSA) is 40.9 Å². The lowest BCUT2D eigenvalue weighted by Crippen LogP contribution is -2.22. The maximum atomic E-state index is 13.3. The third-order valence-electron chi connectivity index (χ3n) is 3.33. The maximum Gasteiger partial charge on any atom is 0.190 e. The molecule has 21 heavy (non-hydrogen) atoms. The minimum absolute atomic E-state index is 0.129. The van der Waals surface area contributed by atoms with E-state index in [1.807, 2.05) is 26.8 Å². The molecule has 2 nitrogen and oxygen atoms in total. The first-order valence-corrected chi connectivity index (χ1v) is 6.68. The van der Waals surface area contributed by atoms with Crippen molar-refractivity contribution in [2.75, 3.05) is 0 Å². The molecule has 0 spiro atoms. The smallest absolute Gasteiger partial charge is 0.190 e. The van der Waals surface area contributed by atoms with E-state index in [1.165, 1.54) is 12.1 Å². The van der Waals surface area contributed by atoms with Crippen molar-refractivity contribution in [3.63, 3.8) is 0 Å². The summed E-state index contributed by atoms with van der Waals surface area (Å²) in [7, 11) is 0. The molecule has 0 heterocycles. The lowest BCUT2D eigenvalue weighted by molar-refractivity contribution is 0.586. The van der Waals surface area contributed by atoms with E-state index in [0.717, 1.165) is 6.07 Å². The molecular weight excluding hydrogens is 265 g/mol. The summed E-state index contributed by atoms with van der Waals surface area (Å²) in [6, 6.07) is 12.9. The molecule has 0 aromatic heterocycles. The maximum absolute atomic E-state index is 13.3. The Morgan fingerprint density at radius 3 is 2.33 bits per heavy atom. The second-order valence-electron chi connectivity index (χ2n) is 5.93. The van der Waals surface area contributed by atoms with Crippen molar-refractivity contribution in [1.82, 2.24) is 0 Å². The lowest BCUT2D eigenvalue weighted by Gasteiger charge is -2.17. The minimum atomic E-state index is -0.487. The fourth-order valence-corrected chi connectivity index (χ4v) is 2.25. The van der Waals surface area contributed by atoms with E-state index >= 15 is 0 Å². The average Bonchev–Trinajstić information content (AvgIpc) is 2.60. The zero-order valence-corrected chi connectivity index (χ0v) is 12.3. The van der Waals surface area contributed by atoms with Crippen LogP contribution in [0.2, 0.25) is 0 Å². The molecule has 2 rings (SSSR count). The van der Waals surface area contributed by atoms with Crippen LogP contribution in [0.4, 0.5) is 4.39 Å². The number of hydrogen-bond donors (Lipinski definition) is 0. The van der Waals surface area contributed by atoms with Crippen molar-refractivity contribution in [3.8, 4) is 17.2 Å². The summed E-state index contributed by atoms with van der Waals surface area (Å²) in [5.74, 6) is -0.487. The molecule has 0 aliphatic heterocycles. The fraction of sp³-hybridized carbons (Fsp3) is 0.222. The summed E-state index contributed by atoms with van der Waals surface area (Å²) in [6.45, 7) is 5.89. The molecule has 2 aromatic carbocycles. The van der Waals surface area contributed by atoms with E-state index in [9.17, 15) is 9.18 Å². The van der Waals surface area contributed by atoms with Gasteiger partial charge in [-0.05, 0) is 17.5 Å². The van der Waals surface area contributed by atoms with Gasteiger partial charge in [0.2, 0.25) is 0 Å². The van der Waals surface area contributed by atoms with Gasteiger partial charge in [-0.15, -0.1) is 0 Å². The third kappa shape index (κ3) is 3.00. The van der Waals surface area contributed by atoms with Crippen LogP contribution in [-0.2, 0) is 5.41 Å². The van der Waals surface area contributed by atoms with Crippen LogP contribution in [0.3, 0.4) is 0 Å². The minimum Gasteiger partial charge on any atom is -0.289 e. The Morgan fingerprint density at radius 2 is 1.71 bits per heavy atom. The van der Waals surface area contributed by atoms with Gasteiger partial charge in [-0.25, -0.2) is 4.39 Å². The lowest BCUT2D eigenvalue weighted by atomic mass is 9.86. The van der Waals surface area contributed by atoms with Crippen LogP contribution in [0.5, 0.6) is 0 Å². The fourth-order valence-electron chi connectivity index (χ4n) is 2.25. The van der Waals surface area contributed by atoms with Crippen LogP contribution in [0.1, 0.15) is 31.9 Å². The Hall–Kier alpha value is -2.47. The molecule has 0 N–H and O–H groups in total. The summed E-state index contributed by atoms with van der Waals surface area (Å²) in [4.78, 5) is 12.8. The zero-order valence-electron chi connectivity index (χ0n) is 12.3. The van der Waals surface area contributed by atoms with Crippen LogP contribution >= 0.6 is 0 Å². The van der Waals surface area contributed by atoms with Gasteiger partial charge < -0.3 is 0 Å². The molecule has 106 valence electrons. The molecule has 0 fully saturated rings. The van der Waals surface area contributed by atoms with Crippen molar-refractivity contribution >= 4 is 0 Å². The molecule has 0 unspecified atom stereocenters. The molecule has 0 amide bonds. The number of nitrogens with zero attached hydrogens (tertiary/aromatic N) is 1. The third-order valence-corrected chi connectivity index (χ3v) is 3.33. The van der Waals surface area contributed by atoms with E-state index in [-0.39, 0.29) is 16.4 Å². The number of halogens is 1. The summed E-state index contributed by atoms with van der Waals surface area (Å²) in [5.41, 5.74) is 1.27. The van der Waals surface area contributed by atoms with Gasteiger partial charge in [-0.3, -0.25) is 4.79 Å². The van der Waals surface area contributed by atoms with Crippen LogP contribution < -0.4 is 5.43 Å². The molecule has 0 saturated carbocycles.